The Hall–Kier alpha value is -2.02. The third-order valence-electron chi connectivity index (χ3n) is 3.35. The molecule has 0 aliphatic heterocycles. The molecule has 0 saturated heterocycles. The van der Waals surface area contributed by atoms with Gasteiger partial charge in [-0.05, 0) is 46.2 Å². The number of amides is 2. The van der Waals surface area contributed by atoms with Crippen LogP contribution >= 0.6 is 11.8 Å². The van der Waals surface area contributed by atoms with E-state index in [2.05, 4.69) is 11.4 Å². The molecule has 2 amide bonds. The predicted octanol–water partition coefficient (Wildman–Crippen LogP) is 2.31. The van der Waals surface area contributed by atoms with Crippen LogP contribution in [-0.4, -0.2) is 54.2 Å². The highest BCUT2D eigenvalue weighted by Crippen LogP contribution is 2.23. The van der Waals surface area contributed by atoms with Gasteiger partial charge in [0.1, 0.15) is 0 Å². The summed E-state index contributed by atoms with van der Waals surface area (Å²) in [6.07, 6.45) is 0. The lowest BCUT2D eigenvalue weighted by molar-refractivity contribution is -0.149. The molecule has 1 aromatic rings. The fraction of sp³-hybridized carbons (Fsp3) is 0.526. The standard InChI is InChI=1S/C19H28N2O4S/c1-13-7-8-15(14(2)9-13)26-12-18(24)25-11-17(23)21(6)10-16(22)20-19(3,4)5/h7-9H,10-12H2,1-6H3,(H,20,22). The largest absolute Gasteiger partial charge is 0.455 e. The number of hydrogen-bond acceptors (Lipinski definition) is 5. The first kappa shape index (κ1) is 22.0. The van der Waals surface area contributed by atoms with E-state index in [1.165, 1.54) is 29.3 Å². The first-order valence-electron chi connectivity index (χ1n) is 8.38. The summed E-state index contributed by atoms with van der Waals surface area (Å²) in [4.78, 5) is 37.9. The van der Waals surface area contributed by atoms with Gasteiger partial charge >= 0.3 is 5.97 Å². The second-order valence-electron chi connectivity index (χ2n) is 7.27. The molecular formula is C19H28N2O4S. The van der Waals surface area contributed by atoms with Crippen LogP contribution in [0.2, 0.25) is 0 Å². The first-order chi connectivity index (χ1) is 12.0. The molecule has 0 bridgehead atoms. The summed E-state index contributed by atoms with van der Waals surface area (Å²) < 4.78 is 5.01. The number of benzene rings is 1. The number of aryl methyl sites for hydroxylation is 2. The summed E-state index contributed by atoms with van der Waals surface area (Å²) in [6.45, 7) is 9.14. The summed E-state index contributed by atoms with van der Waals surface area (Å²) in [7, 11) is 1.50. The Balaban J connectivity index is 2.37. The Morgan fingerprint density at radius 2 is 1.85 bits per heavy atom. The van der Waals surface area contributed by atoms with Crippen LogP contribution in [0.3, 0.4) is 0 Å². The SMILES string of the molecule is Cc1ccc(SCC(=O)OCC(=O)N(C)CC(=O)NC(C)(C)C)c(C)c1. The van der Waals surface area contributed by atoms with Crippen LogP contribution in [0.25, 0.3) is 0 Å². The van der Waals surface area contributed by atoms with Gasteiger partial charge in [0.25, 0.3) is 5.91 Å². The molecule has 0 aromatic heterocycles. The van der Waals surface area contributed by atoms with Crippen molar-refractivity contribution in [1.82, 2.24) is 10.2 Å². The maximum Gasteiger partial charge on any atom is 0.316 e. The van der Waals surface area contributed by atoms with Crippen molar-refractivity contribution in [3.8, 4) is 0 Å². The molecule has 1 aromatic carbocycles. The summed E-state index contributed by atoms with van der Waals surface area (Å²) in [5.74, 6) is -1.01. The van der Waals surface area contributed by atoms with Crippen LogP contribution in [-0.2, 0) is 19.1 Å². The van der Waals surface area contributed by atoms with E-state index in [1.807, 2.05) is 46.8 Å². The molecule has 0 saturated carbocycles. The van der Waals surface area contributed by atoms with Gasteiger partial charge in [0.15, 0.2) is 6.61 Å². The Kier molecular flexibility index (Phi) is 8.14. The molecule has 0 aliphatic rings. The van der Waals surface area contributed by atoms with Gasteiger partial charge in [-0.1, -0.05) is 17.7 Å². The zero-order valence-corrected chi connectivity index (χ0v) is 17.2. The Morgan fingerprint density at radius 1 is 1.19 bits per heavy atom. The normalized spacial score (nSPS) is 11.0. The number of nitrogens with zero attached hydrogens (tertiary/aromatic N) is 1. The maximum atomic E-state index is 12.0. The van der Waals surface area contributed by atoms with Crippen LogP contribution < -0.4 is 5.32 Å². The molecule has 0 fully saturated rings. The molecule has 1 N–H and O–H groups in total. The molecular weight excluding hydrogens is 352 g/mol. The van der Waals surface area contributed by atoms with Gasteiger partial charge in [-0.2, -0.15) is 0 Å². The molecule has 1 rings (SSSR count). The van der Waals surface area contributed by atoms with E-state index in [1.54, 1.807) is 0 Å². The highest BCUT2D eigenvalue weighted by atomic mass is 32.2. The van der Waals surface area contributed by atoms with Crippen LogP contribution in [0.1, 0.15) is 31.9 Å². The molecule has 6 nitrogen and oxygen atoms in total. The van der Waals surface area contributed by atoms with Gasteiger partial charge in [0.2, 0.25) is 5.91 Å². The minimum Gasteiger partial charge on any atom is -0.455 e. The number of nitrogens with one attached hydrogen (secondary N) is 1. The van der Waals surface area contributed by atoms with Crippen molar-refractivity contribution in [3.63, 3.8) is 0 Å². The lowest BCUT2D eigenvalue weighted by atomic mass is 10.1. The molecule has 0 unspecified atom stereocenters. The lowest BCUT2D eigenvalue weighted by Gasteiger charge is -2.23. The van der Waals surface area contributed by atoms with E-state index in [4.69, 9.17) is 4.74 Å². The van der Waals surface area contributed by atoms with Crippen molar-refractivity contribution in [2.24, 2.45) is 0 Å². The van der Waals surface area contributed by atoms with Gasteiger partial charge in [0.05, 0.1) is 12.3 Å². The number of likely N-dealkylation sites (N-methyl/N-ethyl adjacent to an activating group) is 1. The van der Waals surface area contributed by atoms with E-state index in [0.29, 0.717) is 0 Å². The van der Waals surface area contributed by atoms with E-state index in [0.717, 1.165) is 10.5 Å². The topological polar surface area (TPSA) is 75.7 Å². The third kappa shape index (κ3) is 8.38. The van der Waals surface area contributed by atoms with Gasteiger partial charge in [-0.3, -0.25) is 14.4 Å². The number of carbonyl (C=O) groups is 3. The van der Waals surface area contributed by atoms with E-state index in [-0.39, 0.29) is 30.4 Å². The number of hydrogen-bond donors (Lipinski definition) is 1. The highest BCUT2D eigenvalue weighted by Gasteiger charge is 2.18. The third-order valence-corrected chi connectivity index (χ3v) is 4.50. The molecule has 0 radical (unpaired) electrons. The molecule has 0 aliphatic carbocycles. The summed E-state index contributed by atoms with van der Waals surface area (Å²) in [5, 5.41) is 2.77. The zero-order valence-electron chi connectivity index (χ0n) is 16.3. The second-order valence-corrected chi connectivity index (χ2v) is 8.28. The lowest BCUT2D eigenvalue weighted by Crippen LogP contribution is -2.46. The summed E-state index contributed by atoms with van der Waals surface area (Å²) in [5.41, 5.74) is 1.90. The smallest absolute Gasteiger partial charge is 0.316 e. The average Bonchev–Trinajstić information content (AvgIpc) is 2.49. The Bertz CT molecular complexity index is 668. The van der Waals surface area contributed by atoms with Gasteiger partial charge in [0, 0.05) is 17.5 Å². The molecule has 0 spiro atoms. The quantitative estimate of drug-likeness (QED) is 0.580. The van der Waals surface area contributed by atoms with Gasteiger partial charge in [-0.15, -0.1) is 11.8 Å². The molecule has 7 heteroatoms. The number of rotatable bonds is 7. The Labute approximate surface area is 159 Å². The van der Waals surface area contributed by atoms with Crippen molar-refractivity contribution < 1.29 is 19.1 Å². The predicted molar refractivity (Wildman–Crippen MR) is 103 cm³/mol. The average molecular weight is 381 g/mol. The van der Waals surface area contributed by atoms with Crippen LogP contribution in [0.15, 0.2) is 23.1 Å². The molecule has 0 atom stereocenters. The van der Waals surface area contributed by atoms with E-state index in [9.17, 15) is 14.4 Å². The van der Waals surface area contributed by atoms with Gasteiger partial charge in [-0.25, -0.2) is 0 Å². The van der Waals surface area contributed by atoms with Crippen LogP contribution in [0.4, 0.5) is 0 Å². The number of carbonyl (C=O) groups excluding carboxylic acids is 3. The number of ether oxygens (including phenoxy) is 1. The molecule has 0 heterocycles. The molecule has 26 heavy (non-hydrogen) atoms. The zero-order chi connectivity index (χ0) is 19.9. The first-order valence-corrected chi connectivity index (χ1v) is 9.37. The fourth-order valence-corrected chi connectivity index (χ4v) is 2.96. The monoisotopic (exact) mass is 380 g/mol. The molecule has 144 valence electrons. The minimum atomic E-state index is -0.462. The number of thioether (sulfide) groups is 1. The highest BCUT2D eigenvalue weighted by molar-refractivity contribution is 8.00. The second kappa shape index (κ2) is 9.62. The minimum absolute atomic E-state index is 0.0784. The van der Waals surface area contributed by atoms with Crippen LogP contribution in [0, 0.1) is 13.8 Å². The van der Waals surface area contributed by atoms with Crippen molar-refractivity contribution in [1.29, 1.82) is 0 Å². The number of esters is 1. The van der Waals surface area contributed by atoms with Gasteiger partial charge < -0.3 is 15.0 Å². The fourth-order valence-electron chi connectivity index (χ4n) is 2.15. The van der Waals surface area contributed by atoms with Crippen molar-refractivity contribution in [2.75, 3.05) is 26.0 Å². The van der Waals surface area contributed by atoms with Crippen molar-refractivity contribution in [3.05, 3.63) is 29.3 Å². The summed E-state index contributed by atoms with van der Waals surface area (Å²) >= 11 is 1.38. The van der Waals surface area contributed by atoms with E-state index >= 15 is 0 Å². The Morgan fingerprint density at radius 3 is 2.42 bits per heavy atom. The van der Waals surface area contributed by atoms with Crippen LogP contribution in [0.5, 0.6) is 0 Å². The van der Waals surface area contributed by atoms with E-state index < -0.39 is 11.9 Å². The summed E-state index contributed by atoms with van der Waals surface area (Å²) in [6, 6.07) is 6.01. The van der Waals surface area contributed by atoms with Crippen molar-refractivity contribution >= 4 is 29.5 Å². The maximum absolute atomic E-state index is 12.0. The van der Waals surface area contributed by atoms with Crippen molar-refractivity contribution in [2.45, 2.75) is 45.1 Å².